The lowest BCUT2D eigenvalue weighted by Crippen LogP contribution is -2.34. The van der Waals surface area contributed by atoms with Crippen LogP contribution in [-0.2, 0) is 5.88 Å². The normalized spacial score (nSPS) is 18.2. The molecular formula is C16H21ClFN3. The van der Waals surface area contributed by atoms with Crippen molar-refractivity contribution in [2.75, 3.05) is 19.6 Å². The molecule has 0 spiro atoms. The Morgan fingerprint density at radius 3 is 2.76 bits per heavy atom. The molecule has 1 aromatic carbocycles. The Morgan fingerprint density at radius 1 is 1.29 bits per heavy atom. The molecule has 1 aliphatic heterocycles. The quantitative estimate of drug-likeness (QED) is 0.797. The molecule has 1 unspecified atom stereocenters. The molecule has 1 fully saturated rings. The van der Waals surface area contributed by atoms with Gasteiger partial charge in [0.25, 0.3) is 0 Å². The smallest absolute Gasteiger partial charge is 0.125 e. The molecule has 0 bridgehead atoms. The summed E-state index contributed by atoms with van der Waals surface area (Å²) in [6.07, 6.45) is 3.90. The summed E-state index contributed by atoms with van der Waals surface area (Å²) in [4.78, 5) is 6.98. The van der Waals surface area contributed by atoms with Crippen molar-refractivity contribution < 1.29 is 4.39 Å². The standard InChI is InChI=1S/C16H21ClFN3/c1-12(11-20-7-3-2-4-8-20)21-15-6-5-13(18)9-14(15)19-16(21)10-17/h5-6,9,12H,2-4,7-8,10-11H2,1H3. The molecule has 1 saturated heterocycles. The maximum Gasteiger partial charge on any atom is 0.125 e. The van der Waals surface area contributed by atoms with Gasteiger partial charge in [-0.1, -0.05) is 6.42 Å². The number of alkyl halides is 1. The number of benzene rings is 1. The van der Waals surface area contributed by atoms with E-state index in [2.05, 4.69) is 21.4 Å². The first-order valence-corrected chi connectivity index (χ1v) is 8.17. The lowest BCUT2D eigenvalue weighted by molar-refractivity contribution is 0.202. The molecule has 1 atom stereocenters. The second-order valence-electron chi connectivity index (χ2n) is 5.87. The first-order valence-electron chi connectivity index (χ1n) is 7.63. The molecule has 2 heterocycles. The zero-order valence-electron chi connectivity index (χ0n) is 12.4. The number of aromatic nitrogens is 2. The van der Waals surface area contributed by atoms with Crippen molar-refractivity contribution in [1.82, 2.24) is 14.5 Å². The van der Waals surface area contributed by atoms with Gasteiger partial charge in [0.05, 0.1) is 16.9 Å². The van der Waals surface area contributed by atoms with Gasteiger partial charge in [0.15, 0.2) is 0 Å². The number of imidazole rings is 1. The predicted molar refractivity (Wildman–Crippen MR) is 84.3 cm³/mol. The van der Waals surface area contributed by atoms with Crippen LogP contribution in [0, 0.1) is 5.82 Å². The molecule has 5 heteroatoms. The molecule has 3 nitrogen and oxygen atoms in total. The highest BCUT2D eigenvalue weighted by Gasteiger charge is 2.19. The summed E-state index contributed by atoms with van der Waals surface area (Å²) in [6.45, 7) is 5.52. The Balaban J connectivity index is 1.90. The van der Waals surface area contributed by atoms with Crippen LogP contribution in [0.5, 0.6) is 0 Å². The molecule has 0 saturated carbocycles. The number of likely N-dealkylation sites (tertiary alicyclic amines) is 1. The number of halogens is 2. The summed E-state index contributed by atoms with van der Waals surface area (Å²) in [5.74, 6) is 0.916. The molecule has 3 rings (SSSR count). The van der Waals surface area contributed by atoms with E-state index in [1.54, 1.807) is 6.07 Å². The second-order valence-corrected chi connectivity index (χ2v) is 6.14. The van der Waals surface area contributed by atoms with Crippen molar-refractivity contribution >= 4 is 22.6 Å². The highest BCUT2D eigenvalue weighted by molar-refractivity contribution is 6.16. The number of hydrogen-bond acceptors (Lipinski definition) is 2. The van der Waals surface area contributed by atoms with E-state index in [-0.39, 0.29) is 11.9 Å². The van der Waals surface area contributed by atoms with Crippen LogP contribution in [0.4, 0.5) is 4.39 Å². The van der Waals surface area contributed by atoms with Crippen molar-refractivity contribution in [1.29, 1.82) is 0 Å². The fraction of sp³-hybridized carbons (Fsp3) is 0.562. The summed E-state index contributed by atoms with van der Waals surface area (Å²) in [5, 5.41) is 0. The monoisotopic (exact) mass is 309 g/mol. The van der Waals surface area contributed by atoms with Crippen molar-refractivity contribution in [3.05, 3.63) is 29.8 Å². The van der Waals surface area contributed by atoms with Crippen LogP contribution in [0.3, 0.4) is 0 Å². The van der Waals surface area contributed by atoms with Gasteiger partial charge in [-0.2, -0.15) is 0 Å². The van der Waals surface area contributed by atoms with Crippen LogP contribution in [0.25, 0.3) is 11.0 Å². The third kappa shape index (κ3) is 3.06. The van der Waals surface area contributed by atoms with Gasteiger partial charge >= 0.3 is 0 Å². The van der Waals surface area contributed by atoms with E-state index in [4.69, 9.17) is 11.6 Å². The zero-order valence-corrected chi connectivity index (χ0v) is 13.1. The third-order valence-electron chi connectivity index (χ3n) is 4.26. The first-order chi connectivity index (χ1) is 10.2. The Morgan fingerprint density at radius 2 is 2.05 bits per heavy atom. The fourth-order valence-corrected chi connectivity index (χ4v) is 3.49. The SMILES string of the molecule is CC(CN1CCCCC1)n1c(CCl)nc2cc(F)ccc21. The second kappa shape index (κ2) is 6.32. The zero-order chi connectivity index (χ0) is 14.8. The Labute approximate surface area is 129 Å². The minimum Gasteiger partial charge on any atom is -0.323 e. The topological polar surface area (TPSA) is 21.1 Å². The highest BCUT2D eigenvalue weighted by atomic mass is 35.5. The summed E-state index contributed by atoms with van der Waals surface area (Å²) in [7, 11) is 0. The lowest BCUT2D eigenvalue weighted by Gasteiger charge is -2.30. The summed E-state index contributed by atoms with van der Waals surface area (Å²) in [5.41, 5.74) is 1.66. The molecule has 1 aromatic heterocycles. The van der Waals surface area contributed by atoms with E-state index in [9.17, 15) is 4.39 Å². The lowest BCUT2D eigenvalue weighted by atomic mass is 10.1. The van der Waals surface area contributed by atoms with Gasteiger partial charge in [-0.25, -0.2) is 9.37 Å². The maximum atomic E-state index is 13.4. The average molecular weight is 310 g/mol. The number of fused-ring (bicyclic) bond motifs is 1. The first kappa shape index (κ1) is 14.8. The third-order valence-corrected chi connectivity index (χ3v) is 4.50. The van der Waals surface area contributed by atoms with Crippen molar-refractivity contribution in [3.8, 4) is 0 Å². The van der Waals surface area contributed by atoms with Gasteiger partial charge in [-0.15, -0.1) is 11.6 Å². The van der Waals surface area contributed by atoms with Crippen LogP contribution in [0.15, 0.2) is 18.2 Å². The van der Waals surface area contributed by atoms with E-state index >= 15 is 0 Å². The molecular weight excluding hydrogens is 289 g/mol. The molecule has 0 aliphatic carbocycles. The van der Waals surface area contributed by atoms with E-state index in [0.29, 0.717) is 11.4 Å². The van der Waals surface area contributed by atoms with E-state index in [1.165, 1.54) is 44.5 Å². The number of hydrogen-bond donors (Lipinski definition) is 0. The predicted octanol–water partition coefficient (Wildman–Crippen LogP) is 3.96. The maximum absolute atomic E-state index is 13.4. The molecule has 0 amide bonds. The van der Waals surface area contributed by atoms with Crippen molar-refractivity contribution in [2.45, 2.75) is 38.1 Å². The number of rotatable bonds is 4. The minimum absolute atomic E-state index is 0.253. The largest absolute Gasteiger partial charge is 0.323 e. The van der Waals surface area contributed by atoms with Crippen molar-refractivity contribution in [2.24, 2.45) is 0 Å². The van der Waals surface area contributed by atoms with E-state index in [1.807, 2.05) is 0 Å². The van der Waals surface area contributed by atoms with Gasteiger partial charge in [0, 0.05) is 18.7 Å². The fourth-order valence-electron chi connectivity index (χ4n) is 3.31. The Bertz CT molecular complexity index is 619. The summed E-state index contributed by atoms with van der Waals surface area (Å²) < 4.78 is 15.5. The van der Waals surface area contributed by atoms with Gasteiger partial charge in [-0.05, 0) is 45.0 Å². The van der Waals surface area contributed by atoms with Crippen LogP contribution < -0.4 is 0 Å². The molecule has 0 N–H and O–H groups in total. The van der Waals surface area contributed by atoms with Gasteiger partial charge < -0.3 is 9.47 Å². The average Bonchev–Trinajstić information content (AvgIpc) is 2.85. The molecule has 0 radical (unpaired) electrons. The molecule has 114 valence electrons. The van der Waals surface area contributed by atoms with Crippen LogP contribution >= 0.6 is 11.6 Å². The Kier molecular flexibility index (Phi) is 4.45. The highest BCUT2D eigenvalue weighted by Crippen LogP contribution is 2.24. The van der Waals surface area contributed by atoms with E-state index in [0.717, 1.165) is 17.9 Å². The van der Waals surface area contributed by atoms with Crippen molar-refractivity contribution in [3.63, 3.8) is 0 Å². The summed E-state index contributed by atoms with van der Waals surface area (Å²) in [6, 6.07) is 5.06. The summed E-state index contributed by atoms with van der Waals surface area (Å²) >= 11 is 6.04. The van der Waals surface area contributed by atoms with Gasteiger partial charge in [0.1, 0.15) is 11.6 Å². The molecule has 1 aliphatic rings. The van der Waals surface area contributed by atoms with Crippen LogP contribution in [0.2, 0.25) is 0 Å². The number of nitrogens with zero attached hydrogens (tertiary/aromatic N) is 3. The van der Waals surface area contributed by atoms with E-state index < -0.39 is 0 Å². The molecule has 21 heavy (non-hydrogen) atoms. The van der Waals surface area contributed by atoms with Gasteiger partial charge in [-0.3, -0.25) is 0 Å². The minimum atomic E-state index is -0.253. The number of piperidine rings is 1. The van der Waals surface area contributed by atoms with Crippen LogP contribution in [-0.4, -0.2) is 34.1 Å². The molecule has 2 aromatic rings. The van der Waals surface area contributed by atoms with Crippen LogP contribution in [0.1, 0.15) is 38.1 Å². The Hall–Kier alpha value is -1.13. The van der Waals surface area contributed by atoms with Gasteiger partial charge in [0.2, 0.25) is 0 Å².